The fourth-order valence-electron chi connectivity index (χ4n) is 1.51. The second kappa shape index (κ2) is 5.85. The summed E-state index contributed by atoms with van der Waals surface area (Å²) in [5, 5.41) is 6.23. The van der Waals surface area contributed by atoms with Gasteiger partial charge in [-0.1, -0.05) is 0 Å². The van der Waals surface area contributed by atoms with E-state index in [-0.39, 0.29) is 16.7 Å². The summed E-state index contributed by atoms with van der Waals surface area (Å²) in [4.78, 5) is 3.35. The van der Waals surface area contributed by atoms with E-state index in [9.17, 15) is 12.8 Å². The molecule has 0 saturated carbocycles. The number of benzene rings is 1. The number of H-pyrrole nitrogens is 1. The lowest BCUT2D eigenvalue weighted by Crippen LogP contribution is -2.27. The standard InChI is InChI=1S/C10H11BrFN5O2S/c11-7-3-6(13)4-8(10(7)12)20(18,19)16-2-1-9-14-5-15-17-9/h3-5,16H,1-2,13H2,(H,14,15,17). The van der Waals surface area contributed by atoms with Gasteiger partial charge in [0.2, 0.25) is 10.0 Å². The van der Waals surface area contributed by atoms with Gasteiger partial charge in [-0.25, -0.2) is 22.5 Å². The van der Waals surface area contributed by atoms with Crippen LogP contribution in [0.15, 0.2) is 27.8 Å². The highest BCUT2D eigenvalue weighted by Gasteiger charge is 2.21. The molecular weight excluding hydrogens is 353 g/mol. The van der Waals surface area contributed by atoms with Crippen molar-refractivity contribution in [3.8, 4) is 0 Å². The Labute approximate surface area is 123 Å². The van der Waals surface area contributed by atoms with Crippen LogP contribution in [-0.2, 0) is 16.4 Å². The molecule has 2 rings (SSSR count). The third kappa shape index (κ3) is 3.32. The van der Waals surface area contributed by atoms with E-state index in [1.54, 1.807) is 0 Å². The first-order valence-corrected chi connectivity index (χ1v) is 7.76. The third-order valence-corrected chi connectivity index (χ3v) is 4.46. The van der Waals surface area contributed by atoms with E-state index < -0.39 is 20.7 Å². The van der Waals surface area contributed by atoms with Crippen LogP contribution < -0.4 is 10.5 Å². The number of nitrogens with two attached hydrogens (primary N) is 1. The van der Waals surface area contributed by atoms with Crippen molar-refractivity contribution in [1.29, 1.82) is 0 Å². The van der Waals surface area contributed by atoms with Crippen molar-refractivity contribution in [1.82, 2.24) is 19.9 Å². The number of halogens is 2. The van der Waals surface area contributed by atoms with Crippen LogP contribution in [0.5, 0.6) is 0 Å². The van der Waals surface area contributed by atoms with E-state index in [4.69, 9.17) is 5.73 Å². The van der Waals surface area contributed by atoms with E-state index in [1.807, 2.05) is 0 Å². The summed E-state index contributed by atoms with van der Waals surface area (Å²) in [5.74, 6) is -0.353. The molecule has 0 bridgehead atoms. The molecule has 0 aliphatic carbocycles. The SMILES string of the molecule is Nc1cc(Br)c(F)c(S(=O)(=O)NCCc2ncn[nH]2)c1. The molecule has 0 amide bonds. The van der Waals surface area contributed by atoms with E-state index >= 15 is 0 Å². The molecule has 1 aromatic heterocycles. The van der Waals surface area contributed by atoms with Crippen molar-refractivity contribution in [2.45, 2.75) is 11.3 Å². The normalized spacial score (nSPS) is 11.7. The second-order valence-corrected chi connectivity index (χ2v) is 6.48. The Morgan fingerprint density at radius 1 is 1.45 bits per heavy atom. The Kier molecular flexibility index (Phi) is 4.35. The highest BCUT2D eigenvalue weighted by Crippen LogP contribution is 2.25. The number of nitrogens with one attached hydrogen (secondary N) is 2. The number of anilines is 1. The van der Waals surface area contributed by atoms with Crippen molar-refractivity contribution in [2.24, 2.45) is 0 Å². The van der Waals surface area contributed by atoms with Gasteiger partial charge < -0.3 is 5.73 Å². The maximum atomic E-state index is 13.8. The Bertz CT molecular complexity index is 705. The van der Waals surface area contributed by atoms with Gasteiger partial charge in [-0.05, 0) is 28.1 Å². The molecule has 1 aromatic carbocycles. The van der Waals surface area contributed by atoms with Crippen molar-refractivity contribution >= 4 is 31.6 Å². The minimum atomic E-state index is -3.99. The van der Waals surface area contributed by atoms with Gasteiger partial charge in [0, 0.05) is 18.7 Å². The molecule has 0 unspecified atom stereocenters. The zero-order valence-corrected chi connectivity index (χ0v) is 12.5. The summed E-state index contributed by atoms with van der Waals surface area (Å²) in [5.41, 5.74) is 5.67. The van der Waals surface area contributed by atoms with Crippen LogP contribution in [0.25, 0.3) is 0 Å². The predicted molar refractivity (Wildman–Crippen MR) is 73.8 cm³/mol. The number of hydrogen-bond donors (Lipinski definition) is 3. The van der Waals surface area contributed by atoms with Crippen molar-refractivity contribution in [2.75, 3.05) is 12.3 Å². The average molecular weight is 364 g/mol. The maximum absolute atomic E-state index is 13.8. The van der Waals surface area contributed by atoms with Gasteiger partial charge in [0.1, 0.15) is 17.0 Å². The van der Waals surface area contributed by atoms with Crippen LogP contribution in [0.1, 0.15) is 5.82 Å². The van der Waals surface area contributed by atoms with E-state index in [1.165, 1.54) is 12.4 Å². The summed E-state index contributed by atoms with van der Waals surface area (Å²) in [6.07, 6.45) is 1.63. The molecule has 4 N–H and O–H groups in total. The molecule has 7 nitrogen and oxygen atoms in total. The number of rotatable bonds is 5. The molecule has 0 fully saturated rings. The molecule has 0 saturated heterocycles. The van der Waals surface area contributed by atoms with Crippen LogP contribution in [0, 0.1) is 5.82 Å². The van der Waals surface area contributed by atoms with Crippen molar-refractivity contribution < 1.29 is 12.8 Å². The number of aromatic nitrogens is 3. The highest BCUT2D eigenvalue weighted by molar-refractivity contribution is 9.10. The van der Waals surface area contributed by atoms with Crippen LogP contribution >= 0.6 is 15.9 Å². The summed E-state index contributed by atoms with van der Waals surface area (Å²) < 4.78 is 40.1. The van der Waals surface area contributed by atoms with Gasteiger partial charge in [-0.3, -0.25) is 5.10 Å². The third-order valence-electron chi connectivity index (χ3n) is 2.43. The van der Waals surface area contributed by atoms with Crippen molar-refractivity contribution in [3.05, 3.63) is 34.6 Å². The summed E-state index contributed by atoms with van der Waals surface area (Å²) in [7, 11) is -3.99. The number of aromatic amines is 1. The van der Waals surface area contributed by atoms with E-state index in [2.05, 4.69) is 35.8 Å². The van der Waals surface area contributed by atoms with Crippen LogP contribution in [0.3, 0.4) is 0 Å². The van der Waals surface area contributed by atoms with Gasteiger partial charge in [-0.2, -0.15) is 5.10 Å². The molecule has 108 valence electrons. The Morgan fingerprint density at radius 3 is 2.85 bits per heavy atom. The van der Waals surface area contributed by atoms with Gasteiger partial charge in [0.25, 0.3) is 0 Å². The maximum Gasteiger partial charge on any atom is 0.243 e. The molecule has 20 heavy (non-hydrogen) atoms. The first kappa shape index (κ1) is 14.9. The Hall–Kier alpha value is -1.52. The van der Waals surface area contributed by atoms with Crippen LogP contribution in [0.4, 0.5) is 10.1 Å². The number of sulfonamides is 1. The summed E-state index contributed by atoms with van der Waals surface area (Å²) >= 11 is 2.92. The first-order valence-electron chi connectivity index (χ1n) is 5.48. The smallest absolute Gasteiger partial charge is 0.243 e. The highest BCUT2D eigenvalue weighted by atomic mass is 79.9. The molecule has 1 heterocycles. The average Bonchev–Trinajstić information content (AvgIpc) is 2.86. The molecule has 0 spiro atoms. The van der Waals surface area contributed by atoms with Crippen LogP contribution in [-0.4, -0.2) is 30.1 Å². The second-order valence-electron chi connectivity index (χ2n) is 3.89. The van der Waals surface area contributed by atoms with Gasteiger partial charge in [0.15, 0.2) is 5.82 Å². The summed E-state index contributed by atoms with van der Waals surface area (Å²) in [6, 6.07) is 2.36. The van der Waals surface area contributed by atoms with E-state index in [0.717, 1.165) is 6.07 Å². The lowest BCUT2D eigenvalue weighted by Gasteiger charge is -2.09. The Balaban J connectivity index is 2.14. The van der Waals surface area contributed by atoms with Gasteiger partial charge in [0.05, 0.1) is 4.47 Å². The lowest BCUT2D eigenvalue weighted by atomic mass is 10.3. The zero-order valence-electron chi connectivity index (χ0n) is 10.1. The van der Waals surface area contributed by atoms with Crippen LogP contribution in [0.2, 0.25) is 0 Å². The quantitative estimate of drug-likeness (QED) is 0.680. The molecule has 0 atom stereocenters. The molecular formula is C10H11BrFN5O2S. The minimum absolute atomic E-state index is 0.00638. The first-order chi connectivity index (χ1) is 9.40. The minimum Gasteiger partial charge on any atom is -0.399 e. The lowest BCUT2D eigenvalue weighted by molar-refractivity contribution is 0.554. The number of nitrogen functional groups attached to an aromatic ring is 1. The summed E-state index contributed by atoms with van der Waals surface area (Å²) in [6.45, 7) is 0.0589. The fraction of sp³-hybridized carbons (Fsp3) is 0.200. The molecule has 0 radical (unpaired) electrons. The topological polar surface area (TPSA) is 114 Å². The number of hydrogen-bond acceptors (Lipinski definition) is 5. The molecule has 0 aliphatic heterocycles. The number of nitrogens with zero attached hydrogens (tertiary/aromatic N) is 2. The van der Waals surface area contributed by atoms with E-state index in [0.29, 0.717) is 12.2 Å². The van der Waals surface area contributed by atoms with Crippen molar-refractivity contribution in [3.63, 3.8) is 0 Å². The van der Waals surface area contributed by atoms with Gasteiger partial charge >= 0.3 is 0 Å². The Morgan fingerprint density at radius 2 is 2.20 bits per heavy atom. The molecule has 0 aliphatic rings. The molecule has 2 aromatic rings. The molecule has 10 heteroatoms. The largest absolute Gasteiger partial charge is 0.399 e. The van der Waals surface area contributed by atoms with Gasteiger partial charge in [-0.15, -0.1) is 0 Å². The predicted octanol–water partition coefficient (Wildman–Crippen LogP) is 0.810. The zero-order chi connectivity index (χ0) is 14.8. The fourth-order valence-corrected chi connectivity index (χ4v) is 3.28. The monoisotopic (exact) mass is 363 g/mol.